The van der Waals surface area contributed by atoms with Gasteiger partial charge in [0.15, 0.2) is 0 Å². The monoisotopic (exact) mass is 195 g/mol. The van der Waals surface area contributed by atoms with Crippen LogP contribution in [-0.4, -0.2) is 30.5 Å². The average Bonchev–Trinajstić information content (AvgIpc) is 1.96. The molecule has 0 aromatic heterocycles. The minimum absolute atomic E-state index is 0.331. The molecule has 0 bridgehead atoms. The van der Waals surface area contributed by atoms with Crippen LogP contribution in [0.3, 0.4) is 0 Å². The summed E-state index contributed by atoms with van der Waals surface area (Å²) in [5, 5.41) is 3.69. The Morgan fingerprint density at radius 3 is 2.73 bits per heavy atom. The molecule has 0 heterocycles. The predicted octanol–water partition coefficient (Wildman–Crippen LogP) is 2.35. The molecule has 1 N–H and O–H groups in total. The molecule has 0 aromatic rings. The van der Waals surface area contributed by atoms with E-state index < -0.39 is 0 Å². The van der Waals surface area contributed by atoms with E-state index in [9.17, 15) is 0 Å². The molecule has 0 aliphatic rings. The van der Waals surface area contributed by atoms with Gasteiger partial charge >= 0.3 is 0 Å². The molecule has 0 amide bonds. The summed E-state index contributed by atoms with van der Waals surface area (Å²) in [5.74, 6) is 1.20. The van der Waals surface area contributed by atoms with E-state index in [1.165, 1.54) is 12.2 Å². The van der Waals surface area contributed by atoms with E-state index in [0.717, 1.165) is 19.5 Å². The van der Waals surface area contributed by atoms with Gasteiger partial charge in [-0.3, -0.25) is 0 Å². The molecule has 0 spiro atoms. The van der Waals surface area contributed by atoms with Crippen molar-refractivity contribution >= 4 is 23.4 Å². The van der Waals surface area contributed by atoms with Gasteiger partial charge in [-0.25, -0.2) is 0 Å². The molecular formula is C8H18ClNS. The van der Waals surface area contributed by atoms with Crippen molar-refractivity contribution in [2.75, 3.05) is 25.1 Å². The Morgan fingerprint density at radius 1 is 1.45 bits per heavy atom. The van der Waals surface area contributed by atoms with Crippen LogP contribution in [0, 0.1) is 0 Å². The van der Waals surface area contributed by atoms with Gasteiger partial charge in [0.05, 0.1) is 0 Å². The molecule has 0 fully saturated rings. The second-order valence-corrected chi connectivity index (χ2v) is 4.40. The highest BCUT2D eigenvalue weighted by molar-refractivity contribution is 7.98. The molecule has 1 nitrogen and oxygen atoms in total. The maximum absolute atomic E-state index is 5.79. The fraction of sp³-hybridized carbons (Fsp3) is 1.00. The van der Waals surface area contributed by atoms with Crippen LogP contribution in [0.25, 0.3) is 0 Å². The quantitative estimate of drug-likeness (QED) is 0.495. The molecule has 0 aliphatic carbocycles. The van der Waals surface area contributed by atoms with Crippen LogP contribution in [0.4, 0.5) is 0 Å². The lowest BCUT2D eigenvalue weighted by Crippen LogP contribution is -2.18. The average molecular weight is 196 g/mol. The summed E-state index contributed by atoms with van der Waals surface area (Å²) in [6.07, 6.45) is 4.44. The summed E-state index contributed by atoms with van der Waals surface area (Å²) in [7, 11) is 0. The first kappa shape index (κ1) is 11.6. The first-order valence-electron chi connectivity index (χ1n) is 4.11. The molecule has 0 saturated carbocycles. The van der Waals surface area contributed by atoms with Crippen molar-refractivity contribution in [1.82, 2.24) is 5.32 Å². The minimum Gasteiger partial charge on any atom is -0.316 e. The molecule has 0 aliphatic heterocycles. The molecule has 0 saturated heterocycles. The molecule has 1 atom stereocenters. The third kappa shape index (κ3) is 10.6. The molecule has 0 rings (SSSR count). The Hall–Kier alpha value is 0.600. The summed E-state index contributed by atoms with van der Waals surface area (Å²) in [5.41, 5.74) is 0. The summed E-state index contributed by atoms with van der Waals surface area (Å²) >= 11 is 7.66. The molecular weight excluding hydrogens is 178 g/mol. The first-order valence-corrected chi connectivity index (χ1v) is 5.94. The van der Waals surface area contributed by atoms with Gasteiger partial charge in [-0.15, -0.1) is 11.6 Å². The number of alkyl halides is 1. The zero-order valence-electron chi connectivity index (χ0n) is 7.40. The number of hydrogen-bond acceptors (Lipinski definition) is 2. The molecule has 11 heavy (non-hydrogen) atoms. The van der Waals surface area contributed by atoms with Crippen LogP contribution in [0.1, 0.15) is 19.8 Å². The minimum atomic E-state index is 0.331. The smallest absolute Gasteiger partial charge is 0.0308 e. The summed E-state index contributed by atoms with van der Waals surface area (Å²) in [6.45, 7) is 4.28. The highest BCUT2D eigenvalue weighted by Gasteiger charge is 1.94. The Balaban J connectivity index is 2.80. The number of halogens is 1. The van der Waals surface area contributed by atoms with E-state index >= 15 is 0 Å². The van der Waals surface area contributed by atoms with Crippen LogP contribution < -0.4 is 5.32 Å². The van der Waals surface area contributed by atoms with Crippen LogP contribution in [0.2, 0.25) is 0 Å². The van der Waals surface area contributed by atoms with E-state index in [-0.39, 0.29) is 0 Å². The second-order valence-electron chi connectivity index (χ2n) is 2.67. The lowest BCUT2D eigenvalue weighted by Gasteiger charge is -2.04. The Kier molecular flexibility index (Phi) is 9.17. The zero-order chi connectivity index (χ0) is 8.53. The third-order valence-electron chi connectivity index (χ3n) is 1.44. The number of hydrogen-bond donors (Lipinski definition) is 1. The van der Waals surface area contributed by atoms with Crippen LogP contribution >= 0.6 is 23.4 Å². The maximum Gasteiger partial charge on any atom is 0.0308 e. The van der Waals surface area contributed by atoms with Crippen LogP contribution in [0.5, 0.6) is 0 Å². The lowest BCUT2D eigenvalue weighted by atomic mass is 10.2. The van der Waals surface area contributed by atoms with Gasteiger partial charge in [-0.1, -0.05) is 0 Å². The Labute approximate surface area is 79.3 Å². The first-order chi connectivity index (χ1) is 5.27. The van der Waals surface area contributed by atoms with Crippen molar-refractivity contribution < 1.29 is 0 Å². The van der Waals surface area contributed by atoms with E-state index in [0.29, 0.717) is 5.38 Å². The van der Waals surface area contributed by atoms with Gasteiger partial charge in [-0.2, -0.15) is 11.8 Å². The second kappa shape index (κ2) is 8.69. The maximum atomic E-state index is 5.79. The zero-order valence-corrected chi connectivity index (χ0v) is 8.97. The summed E-state index contributed by atoms with van der Waals surface area (Å²) < 4.78 is 0. The molecule has 0 aromatic carbocycles. The lowest BCUT2D eigenvalue weighted by molar-refractivity contribution is 0.639. The van der Waals surface area contributed by atoms with Crippen molar-refractivity contribution in [3.05, 3.63) is 0 Å². The topological polar surface area (TPSA) is 12.0 Å². The van der Waals surface area contributed by atoms with Gasteiger partial charge in [-0.05, 0) is 32.6 Å². The van der Waals surface area contributed by atoms with Gasteiger partial charge < -0.3 is 5.32 Å². The highest BCUT2D eigenvalue weighted by Crippen LogP contribution is 2.01. The number of nitrogens with one attached hydrogen (secondary N) is 1. The standard InChI is InChI=1S/C8H18ClNS/c1-8(9)4-3-5-10-6-7-11-2/h8,10H,3-7H2,1-2H3. The Bertz CT molecular complexity index is 78.5. The normalized spacial score (nSPS) is 13.4. The summed E-state index contributed by atoms with van der Waals surface area (Å²) in [6, 6.07) is 0. The molecule has 68 valence electrons. The van der Waals surface area contributed by atoms with Crippen molar-refractivity contribution in [1.29, 1.82) is 0 Å². The van der Waals surface area contributed by atoms with E-state index in [1.54, 1.807) is 0 Å². The fourth-order valence-electron chi connectivity index (χ4n) is 0.808. The van der Waals surface area contributed by atoms with Crippen molar-refractivity contribution in [3.63, 3.8) is 0 Å². The molecule has 0 radical (unpaired) electrons. The van der Waals surface area contributed by atoms with E-state index in [2.05, 4.69) is 11.6 Å². The van der Waals surface area contributed by atoms with E-state index in [4.69, 9.17) is 11.6 Å². The SMILES string of the molecule is CSCCNCCCC(C)Cl. The third-order valence-corrected chi connectivity index (χ3v) is 2.27. The molecule has 1 unspecified atom stereocenters. The summed E-state index contributed by atoms with van der Waals surface area (Å²) in [4.78, 5) is 0. The highest BCUT2D eigenvalue weighted by atomic mass is 35.5. The fourth-order valence-corrected chi connectivity index (χ4v) is 1.31. The van der Waals surface area contributed by atoms with Crippen molar-refractivity contribution in [3.8, 4) is 0 Å². The van der Waals surface area contributed by atoms with E-state index in [1.807, 2.05) is 18.7 Å². The number of thioether (sulfide) groups is 1. The van der Waals surface area contributed by atoms with Crippen molar-refractivity contribution in [2.45, 2.75) is 25.1 Å². The van der Waals surface area contributed by atoms with Gasteiger partial charge in [0.2, 0.25) is 0 Å². The Morgan fingerprint density at radius 2 is 2.18 bits per heavy atom. The number of rotatable bonds is 7. The van der Waals surface area contributed by atoms with Gasteiger partial charge in [0, 0.05) is 17.7 Å². The van der Waals surface area contributed by atoms with Gasteiger partial charge in [0.25, 0.3) is 0 Å². The molecule has 3 heteroatoms. The van der Waals surface area contributed by atoms with Crippen LogP contribution in [-0.2, 0) is 0 Å². The van der Waals surface area contributed by atoms with Crippen LogP contribution in [0.15, 0.2) is 0 Å². The predicted molar refractivity (Wildman–Crippen MR) is 55.8 cm³/mol. The van der Waals surface area contributed by atoms with Gasteiger partial charge in [0.1, 0.15) is 0 Å². The largest absolute Gasteiger partial charge is 0.316 e. The van der Waals surface area contributed by atoms with Crippen molar-refractivity contribution in [2.24, 2.45) is 0 Å².